The smallest absolute Gasteiger partial charge is 0.252 e. The highest BCUT2D eigenvalue weighted by Gasteiger charge is 2.24. The number of nitrogens with one attached hydrogen (secondary N) is 1. The van der Waals surface area contributed by atoms with E-state index in [0.717, 1.165) is 3.57 Å². The van der Waals surface area contributed by atoms with E-state index in [2.05, 4.69) is 33.1 Å². The Hall–Kier alpha value is -1.31. The normalized spacial score (nSPS) is 12.3. The van der Waals surface area contributed by atoms with Crippen LogP contribution in [0.3, 0.4) is 0 Å². The Bertz CT molecular complexity index is 472. The van der Waals surface area contributed by atoms with Crippen molar-refractivity contribution in [1.82, 2.24) is 5.32 Å². The highest BCUT2D eigenvalue weighted by atomic mass is 127. The van der Waals surface area contributed by atoms with Crippen molar-refractivity contribution in [2.75, 3.05) is 6.54 Å². The summed E-state index contributed by atoms with van der Waals surface area (Å²) in [5.74, 6) is -0.0793. The van der Waals surface area contributed by atoms with Crippen LogP contribution in [0.4, 0.5) is 0 Å². The summed E-state index contributed by atoms with van der Waals surface area (Å²) in [6, 6.07) is 7.31. The average molecular weight is 361 g/mol. The largest absolute Gasteiger partial charge is 0.409 e. The number of amides is 1. The maximum Gasteiger partial charge on any atom is 0.252 e. The Morgan fingerprint density at radius 2 is 2.11 bits per heavy atom. The van der Waals surface area contributed by atoms with E-state index >= 15 is 0 Å². The van der Waals surface area contributed by atoms with E-state index in [4.69, 9.17) is 10.9 Å². The topological polar surface area (TPSA) is 87.7 Å². The molecule has 0 aliphatic carbocycles. The molecule has 18 heavy (non-hydrogen) atoms. The third-order valence-electron chi connectivity index (χ3n) is 2.61. The Morgan fingerprint density at radius 1 is 1.50 bits per heavy atom. The molecule has 1 amide bonds. The molecule has 0 saturated heterocycles. The van der Waals surface area contributed by atoms with Gasteiger partial charge in [0.2, 0.25) is 0 Å². The van der Waals surface area contributed by atoms with Gasteiger partial charge in [-0.15, -0.1) is 0 Å². The summed E-state index contributed by atoms with van der Waals surface area (Å²) in [4.78, 5) is 12.0. The lowest BCUT2D eigenvalue weighted by Gasteiger charge is -2.23. The first kappa shape index (κ1) is 14.7. The molecule has 0 radical (unpaired) electrons. The fourth-order valence-corrected chi connectivity index (χ4v) is 1.90. The minimum Gasteiger partial charge on any atom is -0.409 e. The number of amidine groups is 1. The Balaban J connectivity index is 2.71. The van der Waals surface area contributed by atoms with E-state index in [9.17, 15) is 4.79 Å². The second kappa shape index (κ2) is 6.03. The first-order valence-electron chi connectivity index (χ1n) is 5.39. The molecular weight excluding hydrogens is 345 g/mol. The first-order valence-corrected chi connectivity index (χ1v) is 6.47. The molecule has 5 nitrogen and oxygen atoms in total. The van der Waals surface area contributed by atoms with Gasteiger partial charge in [0, 0.05) is 15.5 Å². The number of benzene rings is 1. The molecule has 0 spiro atoms. The fraction of sp³-hybridized carbons (Fsp3) is 0.333. The standard InChI is InChI=1S/C12H16IN3O2/c1-12(2,11(14)16-18)7-15-10(17)8-5-3-4-6-9(8)13/h3-6,18H,7H2,1-2H3,(H2,14,16)(H,15,17). The van der Waals surface area contributed by atoms with E-state index in [1.165, 1.54) is 0 Å². The van der Waals surface area contributed by atoms with Crippen LogP contribution in [0.5, 0.6) is 0 Å². The third kappa shape index (κ3) is 3.59. The van der Waals surface area contributed by atoms with Crippen molar-refractivity contribution in [1.29, 1.82) is 0 Å². The number of halogens is 1. The third-order valence-corrected chi connectivity index (χ3v) is 3.55. The van der Waals surface area contributed by atoms with Crippen LogP contribution in [0.25, 0.3) is 0 Å². The van der Waals surface area contributed by atoms with Gasteiger partial charge in [0.25, 0.3) is 5.91 Å². The summed E-state index contributed by atoms with van der Waals surface area (Å²) < 4.78 is 0.884. The minimum atomic E-state index is -0.593. The van der Waals surface area contributed by atoms with Crippen LogP contribution in [0.15, 0.2) is 29.4 Å². The zero-order valence-corrected chi connectivity index (χ0v) is 12.4. The minimum absolute atomic E-state index is 0.0885. The monoisotopic (exact) mass is 361 g/mol. The number of carbonyl (C=O) groups excluding carboxylic acids is 1. The van der Waals surface area contributed by atoms with Gasteiger partial charge in [0.15, 0.2) is 0 Å². The van der Waals surface area contributed by atoms with Gasteiger partial charge in [-0.05, 0) is 34.7 Å². The van der Waals surface area contributed by atoms with Crippen molar-refractivity contribution in [2.24, 2.45) is 16.3 Å². The zero-order valence-electron chi connectivity index (χ0n) is 10.3. The predicted octanol–water partition coefficient (Wildman–Crippen LogP) is 1.79. The second-order valence-electron chi connectivity index (χ2n) is 4.53. The molecule has 0 bridgehead atoms. The summed E-state index contributed by atoms with van der Waals surface area (Å²) in [7, 11) is 0. The lowest BCUT2D eigenvalue weighted by molar-refractivity contribution is 0.0943. The van der Waals surface area contributed by atoms with Gasteiger partial charge in [-0.1, -0.05) is 31.1 Å². The average Bonchev–Trinajstić information content (AvgIpc) is 2.35. The summed E-state index contributed by atoms with van der Waals surface area (Å²) in [6.07, 6.45) is 0. The van der Waals surface area contributed by atoms with Gasteiger partial charge in [-0.3, -0.25) is 4.79 Å². The molecule has 6 heteroatoms. The highest BCUT2D eigenvalue weighted by Crippen LogP contribution is 2.15. The molecule has 0 heterocycles. The van der Waals surface area contributed by atoms with E-state index in [1.807, 2.05) is 18.2 Å². The molecule has 98 valence electrons. The van der Waals surface area contributed by atoms with Gasteiger partial charge in [-0.25, -0.2) is 0 Å². The van der Waals surface area contributed by atoms with Crippen LogP contribution in [0.1, 0.15) is 24.2 Å². The number of nitrogens with two attached hydrogens (primary N) is 1. The second-order valence-corrected chi connectivity index (χ2v) is 5.69. The van der Waals surface area contributed by atoms with E-state index < -0.39 is 5.41 Å². The molecule has 0 fully saturated rings. The predicted molar refractivity (Wildman–Crippen MR) is 78.7 cm³/mol. The van der Waals surface area contributed by atoms with Crippen LogP contribution in [-0.2, 0) is 0 Å². The van der Waals surface area contributed by atoms with Crippen molar-refractivity contribution >= 4 is 34.3 Å². The molecular formula is C12H16IN3O2. The lowest BCUT2D eigenvalue weighted by Crippen LogP contribution is -2.42. The van der Waals surface area contributed by atoms with E-state index in [0.29, 0.717) is 12.1 Å². The van der Waals surface area contributed by atoms with Gasteiger partial charge < -0.3 is 16.3 Å². The highest BCUT2D eigenvalue weighted by molar-refractivity contribution is 14.1. The molecule has 0 aliphatic rings. The van der Waals surface area contributed by atoms with Crippen molar-refractivity contribution in [3.63, 3.8) is 0 Å². The number of rotatable bonds is 4. The SMILES string of the molecule is CC(C)(CNC(=O)c1ccccc1I)/C(N)=N/O. The van der Waals surface area contributed by atoms with Crippen molar-refractivity contribution in [3.8, 4) is 0 Å². The van der Waals surface area contributed by atoms with Crippen molar-refractivity contribution in [2.45, 2.75) is 13.8 Å². The quantitative estimate of drug-likeness (QED) is 0.251. The number of oxime groups is 1. The summed E-state index contributed by atoms with van der Waals surface area (Å²) >= 11 is 2.11. The molecule has 1 aromatic rings. The molecule has 4 N–H and O–H groups in total. The van der Waals surface area contributed by atoms with Gasteiger partial charge in [-0.2, -0.15) is 0 Å². The molecule has 0 aromatic heterocycles. The van der Waals surface area contributed by atoms with E-state index in [-0.39, 0.29) is 11.7 Å². The van der Waals surface area contributed by atoms with Crippen molar-refractivity contribution < 1.29 is 10.0 Å². The van der Waals surface area contributed by atoms with Gasteiger partial charge in [0.1, 0.15) is 5.84 Å². The van der Waals surface area contributed by atoms with Gasteiger partial charge >= 0.3 is 0 Å². The molecule has 0 atom stereocenters. The zero-order chi connectivity index (χ0) is 13.8. The molecule has 0 saturated carbocycles. The van der Waals surface area contributed by atoms with E-state index in [1.54, 1.807) is 19.9 Å². The number of nitrogens with zero attached hydrogens (tertiary/aromatic N) is 1. The Kier molecular flexibility index (Phi) is 4.94. The fourth-order valence-electron chi connectivity index (χ4n) is 1.27. The summed E-state index contributed by atoms with van der Waals surface area (Å²) in [5, 5.41) is 14.4. The summed E-state index contributed by atoms with van der Waals surface area (Å²) in [6.45, 7) is 3.88. The number of hydrogen-bond donors (Lipinski definition) is 3. The first-order chi connectivity index (χ1) is 8.38. The molecule has 1 rings (SSSR count). The molecule has 1 aromatic carbocycles. The maximum atomic E-state index is 12.0. The Labute approximate surface area is 120 Å². The number of hydrogen-bond acceptors (Lipinski definition) is 3. The van der Waals surface area contributed by atoms with Crippen molar-refractivity contribution in [3.05, 3.63) is 33.4 Å². The van der Waals surface area contributed by atoms with Crippen LogP contribution < -0.4 is 11.1 Å². The van der Waals surface area contributed by atoms with Crippen LogP contribution in [0, 0.1) is 8.99 Å². The molecule has 0 unspecified atom stereocenters. The lowest BCUT2D eigenvalue weighted by atomic mass is 9.92. The summed E-state index contributed by atoms with van der Waals surface area (Å²) in [5.41, 5.74) is 5.58. The van der Waals surface area contributed by atoms with Gasteiger partial charge in [0.05, 0.1) is 5.56 Å². The molecule has 0 aliphatic heterocycles. The number of carbonyl (C=O) groups is 1. The maximum absolute atomic E-state index is 12.0. The van der Waals surface area contributed by atoms with Crippen LogP contribution in [-0.4, -0.2) is 23.5 Å². The van der Waals surface area contributed by atoms with Crippen LogP contribution in [0.2, 0.25) is 0 Å². The Morgan fingerprint density at radius 3 is 2.67 bits per heavy atom. The van der Waals surface area contributed by atoms with Crippen LogP contribution >= 0.6 is 22.6 Å².